The molecular formula is C15H27N3O3. The average Bonchev–Trinajstić information content (AvgIpc) is 2.43. The molecule has 2 N–H and O–H groups in total. The molecule has 1 saturated heterocycles. The number of amides is 1. The SMILES string of the molecule is CC1CCC(NC(=O)CN2CCN(CC(=O)O)CC2)CC1. The highest BCUT2D eigenvalue weighted by atomic mass is 16.4. The Morgan fingerprint density at radius 1 is 1.00 bits per heavy atom. The number of aliphatic carboxylic acids is 1. The summed E-state index contributed by atoms with van der Waals surface area (Å²) in [5.41, 5.74) is 0. The van der Waals surface area contributed by atoms with Crippen LogP contribution in [0, 0.1) is 5.92 Å². The highest BCUT2D eigenvalue weighted by Gasteiger charge is 2.23. The van der Waals surface area contributed by atoms with Crippen LogP contribution in [0.2, 0.25) is 0 Å². The summed E-state index contributed by atoms with van der Waals surface area (Å²) < 4.78 is 0. The second-order valence-electron chi connectivity index (χ2n) is 6.47. The maximum absolute atomic E-state index is 12.1. The number of piperazine rings is 1. The van der Waals surface area contributed by atoms with Gasteiger partial charge in [-0.2, -0.15) is 0 Å². The van der Waals surface area contributed by atoms with Crippen LogP contribution in [0.1, 0.15) is 32.6 Å². The molecule has 2 rings (SSSR count). The summed E-state index contributed by atoms with van der Waals surface area (Å²) in [4.78, 5) is 26.7. The van der Waals surface area contributed by atoms with Crippen molar-refractivity contribution in [2.45, 2.75) is 38.6 Å². The summed E-state index contributed by atoms with van der Waals surface area (Å²) in [7, 11) is 0. The van der Waals surface area contributed by atoms with E-state index in [1.807, 2.05) is 4.90 Å². The molecule has 2 fully saturated rings. The van der Waals surface area contributed by atoms with E-state index < -0.39 is 5.97 Å². The van der Waals surface area contributed by atoms with Crippen molar-refractivity contribution in [3.63, 3.8) is 0 Å². The monoisotopic (exact) mass is 297 g/mol. The van der Waals surface area contributed by atoms with E-state index in [-0.39, 0.29) is 12.5 Å². The summed E-state index contributed by atoms with van der Waals surface area (Å²) in [6.45, 7) is 5.79. The van der Waals surface area contributed by atoms with Gasteiger partial charge in [-0.3, -0.25) is 19.4 Å². The molecule has 0 unspecified atom stereocenters. The van der Waals surface area contributed by atoms with Gasteiger partial charge in [-0.05, 0) is 31.6 Å². The summed E-state index contributed by atoms with van der Waals surface area (Å²) in [5, 5.41) is 11.9. The van der Waals surface area contributed by atoms with Crippen molar-refractivity contribution in [2.75, 3.05) is 39.3 Å². The van der Waals surface area contributed by atoms with Crippen LogP contribution in [0.25, 0.3) is 0 Å². The largest absolute Gasteiger partial charge is 0.480 e. The molecule has 120 valence electrons. The van der Waals surface area contributed by atoms with Crippen LogP contribution in [0.5, 0.6) is 0 Å². The van der Waals surface area contributed by atoms with Crippen molar-refractivity contribution in [3.8, 4) is 0 Å². The van der Waals surface area contributed by atoms with Crippen molar-refractivity contribution in [2.24, 2.45) is 5.92 Å². The average molecular weight is 297 g/mol. The fourth-order valence-electron chi connectivity index (χ4n) is 3.18. The fraction of sp³-hybridized carbons (Fsp3) is 0.867. The number of hydrogen-bond acceptors (Lipinski definition) is 4. The lowest BCUT2D eigenvalue weighted by Gasteiger charge is -2.34. The van der Waals surface area contributed by atoms with Crippen LogP contribution >= 0.6 is 0 Å². The van der Waals surface area contributed by atoms with Gasteiger partial charge in [0.05, 0.1) is 13.1 Å². The molecule has 1 saturated carbocycles. The first kappa shape index (κ1) is 16.2. The molecule has 0 bridgehead atoms. The minimum absolute atomic E-state index is 0.0975. The summed E-state index contributed by atoms with van der Waals surface area (Å²) >= 11 is 0. The maximum atomic E-state index is 12.1. The minimum atomic E-state index is -0.785. The Hall–Kier alpha value is -1.14. The predicted octanol–water partition coefficient (Wildman–Crippen LogP) is 0.384. The van der Waals surface area contributed by atoms with E-state index in [4.69, 9.17) is 5.11 Å². The van der Waals surface area contributed by atoms with Crippen LogP contribution in [0.3, 0.4) is 0 Å². The standard InChI is InChI=1S/C15H27N3O3/c1-12-2-4-13(5-3-12)16-14(19)10-17-6-8-18(9-7-17)11-15(20)21/h12-13H,2-11H2,1H3,(H,16,19)(H,20,21). The number of hydrogen-bond donors (Lipinski definition) is 2. The molecule has 0 radical (unpaired) electrons. The molecule has 0 aromatic rings. The molecule has 21 heavy (non-hydrogen) atoms. The quantitative estimate of drug-likeness (QED) is 0.768. The number of carboxylic acids is 1. The first-order valence-corrected chi connectivity index (χ1v) is 7.99. The second kappa shape index (κ2) is 7.75. The molecule has 0 atom stereocenters. The van der Waals surface area contributed by atoms with Gasteiger partial charge in [-0.1, -0.05) is 6.92 Å². The van der Waals surface area contributed by atoms with Gasteiger partial charge in [0.15, 0.2) is 0 Å². The zero-order valence-corrected chi connectivity index (χ0v) is 12.9. The zero-order chi connectivity index (χ0) is 15.2. The van der Waals surface area contributed by atoms with E-state index in [9.17, 15) is 9.59 Å². The van der Waals surface area contributed by atoms with Gasteiger partial charge < -0.3 is 10.4 Å². The normalized spacial score (nSPS) is 28.2. The Bertz CT molecular complexity index is 359. The molecule has 2 aliphatic rings. The second-order valence-corrected chi connectivity index (χ2v) is 6.47. The number of rotatable bonds is 5. The van der Waals surface area contributed by atoms with Gasteiger partial charge in [-0.15, -0.1) is 0 Å². The van der Waals surface area contributed by atoms with E-state index in [1.54, 1.807) is 0 Å². The lowest BCUT2D eigenvalue weighted by Crippen LogP contribution is -2.51. The Kier molecular flexibility index (Phi) is 5.99. The van der Waals surface area contributed by atoms with Crippen molar-refractivity contribution in [1.82, 2.24) is 15.1 Å². The molecule has 0 aromatic heterocycles. The van der Waals surface area contributed by atoms with E-state index in [0.29, 0.717) is 12.6 Å². The third kappa shape index (κ3) is 5.63. The van der Waals surface area contributed by atoms with E-state index in [1.165, 1.54) is 12.8 Å². The Morgan fingerprint density at radius 3 is 2.05 bits per heavy atom. The molecule has 1 amide bonds. The molecule has 0 spiro atoms. The number of carboxylic acid groups (broad SMARTS) is 1. The number of nitrogens with one attached hydrogen (secondary N) is 1. The highest BCUT2D eigenvalue weighted by molar-refractivity contribution is 5.78. The van der Waals surface area contributed by atoms with Crippen LogP contribution in [0.4, 0.5) is 0 Å². The number of nitrogens with zero attached hydrogens (tertiary/aromatic N) is 2. The predicted molar refractivity (Wildman–Crippen MR) is 80.1 cm³/mol. The lowest BCUT2D eigenvalue weighted by atomic mass is 9.87. The Morgan fingerprint density at radius 2 is 1.52 bits per heavy atom. The zero-order valence-electron chi connectivity index (χ0n) is 12.9. The topological polar surface area (TPSA) is 72.9 Å². The van der Waals surface area contributed by atoms with Crippen LogP contribution in [-0.4, -0.2) is 72.1 Å². The lowest BCUT2D eigenvalue weighted by molar-refractivity contribution is -0.139. The van der Waals surface area contributed by atoms with Crippen molar-refractivity contribution in [1.29, 1.82) is 0 Å². The van der Waals surface area contributed by atoms with Gasteiger partial charge in [0, 0.05) is 32.2 Å². The van der Waals surface area contributed by atoms with E-state index in [2.05, 4.69) is 17.1 Å². The first-order valence-electron chi connectivity index (χ1n) is 7.99. The summed E-state index contributed by atoms with van der Waals surface area (Å²) in [6, 6.07) is 0.349. The first-order chi connectivity index (χ1) is 10.0. The van der Waals surface area contributed by atoms with Crippen molar-refractivity contribution < 1.29 is 14.7 Å². The molecule has 6 heteroatoms. The third-order valence-corrected chi connectivity index (χ3v) is 4.57. The van der Waals surface area contributed by atoms with Crippen LogP contribution in [-0.2, 0) is 9.59 Å². The minimum Gasteiger partial charge on any atom is -0.480 e. The Balaban J connectivity index is 1.64. The van der Waals surface area contributed by atoms with Gasteiger partial charge in [-0.25, -0.2) is 0 Å². The number of carbonyl (C=O) groups excluding carboxylic acids is 1. The van der Waals surface area contributed by atoms with E-state index in [0.717, 1.165) is 44.9 Å². The fourth-order valence-corrected chi connectivity index (χ4v) is 3.18. The highest BCUT2D eigenvalue weighted by Crippen LogP contribution is 2.23. The third-order valence-electron chi connectivity index (χ3n) is 4.57. The smallest absolute Gasteiger partial charge is 0.317 e. The van der Waals surface area contributed by atoms with Gasteiger partial charge in [0.1, 0.15) is 0 Å². The van der Waals surface area contributed by atoms with Gasteiger partial charge in [0.25, 0.3) is 0 Å². The molecular weight excluding hydrogens is 270 g/mol. The molecule has 1 aliphatic carbocycles. The summed E-state index contributed by atoms with van der Waals surface area (Å²) in [6.07, 6.45) is 4.61. The summed E-state index contributed by atoms with van der Waals surface area (Å²) in [5.74, 6) is 0.120. The number of carbonyl (C=O) groups is 2. The van der Waals surface area contributed by atoms with Crippen LogP contribution < -0.4 is 5.32 Å². The van der Waals surface area contributed by atoms with Gasteiger partial charge in [0.2, 0.25) is 5.91 Å². The van der Waals surface area contributed by atoms with Gasteiger partial charge >= 0.3 is 5.97 Å². The van der Waals surface area contributed by atoms with Crippen LogP contribution in [0.15, 0.2) is 0 Å². The van der Waals surface area contributed by atoms with E-state index >= 15 is 0 Å². The van der Waals surface area contributed by atoms with Crippen molar-refractivity contribution in [3.05, 3.63) is 0 Å². The Labute approximate surface area is 126 Å². The molecule has 0 aromatic carbocycles. The molecule has 1 heterocycles. The molecule has 6 nitrogen and oxygen atoms in total. The van der Waals surface area contributed by atoms with Crippen molar-refractivity contribution >= 4 is 11.9 Å². The molecule has 1 aliphatic heterocycles. The maximum Gasteiger partial charge on any atom is 0.317 e.